The Morgan fingerprint density at radius 1 is 1.30 bits per heavy atom. The van der Waals surface area contributed by atoms with Gasteiger partial charge >= 0.3 is 5.82 Å². The lowest BCUT2D eigenvalue weighted by molar-refractivity contribution is -0.389. The van der Waals surface area contributed by atoms with E-state index in [9.17, 15) is 19.7 Å². The molecule has 0 radical (unpaired) electrons. The van der Waals surface area contributed by atoms with Gasteiger partial charge in [0.15, 0.2) is 5.78 Å². The number of Topliss-reactive ketones (excluding diaryl/α,β-unsaturated/α-hetero) is 1. The van der Waals surface area contributed by atoms with Crippen LogP contribution >= 0.6 is 0 Å². The fourth-order valence-corrected chi connectivity index (χ4v) is 2.10. The molecule has 8 heteroatoms. The number of nitrogens with one attached hydrogen (secondary N) is 1. The van der Waals surface area contributed by atoms with Gasteiger partial charge in [-0.15, -0.1) is 0 Å². The monoisotopic (exact) mass is 316 g/mol. The van der Waals surface area contributed by atoms with Crippen molar-refractivity contribution in [2.24, 2.45) is 0 Å². The summed E-state index contributed by atoms with van der Waals surface area (Å²) >= 11 is 0. The van der Waals surface area contributed by atoms with Crippen molar-refractivity contribution in [1.82, 2.24) is 9.78 Å². The largest absolute Gasteiger partial charge is 0.390 e. The van der Waals surface area contributed by atoms with Gasteiger partial charge in [-0.05, 0) is 50.0 Å². The van der Waals surface area contributed by atoms with Gasteiger partial charge in [0.25, 0.3) is 5.91 Å². The molecule has 1 N–H and O–H groups in total. The van der Waals surface area contributed by atoms with Gasteiger partial charge in [0, 0.05) is 11.3 Å². The van der Waals surface area contributed by atoms with Gasteiger partial charge in [-0.3, -0.25) is 9.59 Å². The first-order chi connectivity index (χ1) is 10.8. The van der Waals surface area contributed by atoms with Crippen LogP contribution in [-0.4, -0.2) is 26.4 Å². The zero-order valence-electron chi connectivity index (χ0n) is 12.9. The zero-order valence-corrected chi connectivity index (χ0v) is 12.9. The normalized spacial score (nSPS) is 11.8. The Labute approximate surface area is 132 Å². The Hall–Kier alpha value is -3.03. The van der Waals surface area contributed by atoms with E-state index in [4.69, 9.17) is 0 Å². The molecule has 0 saturated carbocycles. The number of carbonyl (C=O) groups is 2. The smallest absolute Gasteiger partial charge is 0.358 e. The minimum absolute atomic E-state index is 0.0595. The van der Waals surface area contributed by atoms with Crippen molar-refractivity contribution in [3.05, 3.63) is 51.7 Å². The molecule has 1 amide bonds. The molecule has 0 aliphatic heterocycles. The number of aromatic nitrogens is 2. The predicted octanol–water partition coefficient (Wildman–Crippen LogP) is 2.50. The summed E-state index contributed by atoms with van der Waals surface area (Å²) in [6, 6.07) is 7.08. The Bertz CT molecular complexity index is 764. The van der Waals surface area contributed by atoms with Gasteiger partial charge in [0.1, 0.15) is 6.04 Å². The Kier molecular flexibility index (Phi) is 4.54. The molecular weight excluding hydrogens is 300 g/mol. The fourth-order valence-electron chi connectivity index (χ4n) is 2.10. The summed E-state index contributed by atoms with van der Waals surface area (Å²) in [6.07, 6.45) is 0. The molecule has 1 atom stereocenters. The van der Waals surface area contributed by atoms with E-state index in [1.54, 1.807) is 38.1 Å². The van der Waals surface area contributed by atoms with Gasteiger partial charge in [-0.1, -0.05) is 0 Å². The van der Waals surface area contributed by atoms with Crippen LogP contribution in [0.3, 0.4) is 0 Å². The molecule has 120 valence electrons. The summed E-state index contributed by atoms with van der Waals surface area (Å²) in [5.41, 5.74) is 1.60. The van der Waals surface area contributed by atoms with Crippen molar-refractivity contribution in [2.75, 3.05) is 5.32 Å². The van der Waals surface area contributed by atoms with E-state index in [1.165, 1.54) is 17.7 Å². The number of ketones is 1. The second-order valence-corrected chi connectivity index (χ2v) is 5.14. The summed E-state index contributed by atoms with van der Waals surface area (Å²) in [7, 11) is 0. The lowest BCUT2D eigenvalue weighted by atomic mass is 10.1. The van der Waals surface area contributed by atoms with Gasteiger partial charge in [-0.25, -0.2) is 0 Å². The van der Waals surface area contributed by atoms with Gasteiger partial charge < -0.3 is 15.4 Å². The highest BCUT2D eigenvalue weighted by molar-refractivity contribution is 5.96. The topological polar surface area (TPSA) is 107 Å². The number of benzene rings is 1. The average molecular weight is 316 g/mol. The highest BCUT2D eigenvalue weighted by Gasteiger charge is 2.24. The van der Waals surface area contributed by atoms with Crippen LogP contribution in [-0.2, 0) is 4.79 Å². The van der Waals surface area contributed by atoms with Crippen molar-refractivity contribution < 1.29 is 14.5 Å². The first-order valence-electron chi connectivity index (χ1n) is 6.92. The molecule has 0 aliphatic carbocycles. The van der Waals surface area contributed by atoms with Gasteiger partial charge in [0.05, 0.1) is 16.9 Å². The first kappa shape index (κ1) is 16.3. The minimum atomic E-state index is -0.712. The maximum absolute atomic E-state index is 12.3. The number of nitro groups is 1. The Morgan fingerprint density at radius 3 is 2.39 bits per heavy atom. The van der Waals surface area contributed by atoms with Crippen LogP contribution in [0.2, 0.25) is 0 Å². The number of nitrogens with zero attached hydrogens (tertiary/aromatic N) is 3. The van der Waals surface area contributed by atoms with Crippen LogP contribution in [0.4, 0.5) is 11.5 Å². The van der Waals surface area contributed by atoms with E-state index in [1.807, 2.05) is 0 Å². The number of aryl methyl sites for hydroxylation is 1. The van der Waals surface area contributed by atoms with Crippen LogP contribution in [0, 0.1) is 17.0 Å². The molecule has 0 spiro atoms. The van der Waals surface area contributed by atoms with Crippen LogP contribution < -0.4 is 5.32 Å². The first-order valence-corrected chi connectivity index (χ1v) is 6.92. The highest BCUT2D eigenvalue weighted by atomic mass is 16.6. The fraction of sp³-hybridized carbons (Fsp3) is 0.267. The predicted molar refractivity (Wildman–Crippen MR) is 83.4 cm³/mol. The number of carbonyl (C=O) groups excluding carboxylic acids is 2. The Balaban J connectivity index is 2.13. The third-order valence-corrected chi connectivity index (χ3v) is 3.40. The molecule has 1 aromatic carbocycles. The number of hydrogen-bond donors (Lipinski definition) is 1. The lowest BCUT2D eigenvalue weighted by Gasteiger charge is -2.11. The van der Waals surface area contributed by atoms with Crippen LogP contribution in [0.25, 0.3) is 0 Å². The van der Waals surface area contributed by atoms with E-state index in [-0.39, 0.29) is 17.5 Å². The van der Waals surface area contributed by atoms with E-state index in [2.05, 4.69) is 10.4 Å². The van der Waals surface area contributed by atoms with E-state index in [0.29, 0.717) is 16.9 Å². The van der Waals surface area contributed by atoms with Crippen molar-refractivity contribution in [2.45, 2.75) is 26.8 Å². The molecule has 0 bridgehead atoms. The quantitative estimate of drug-likeness (QED) is 0.518. The molecule has 1 unspecified atom stereocenters. The van der Waals surface area contributed by atoms with E-state index >= 15 is 0 Å². The number of amides is 1. The maximum Gasteiger partial charge on any atom is 0.390 e. The summed E-state index contributed by atoms with van der Waals surface area (Å²) in [5, 5.41) is 17.3. The van der Waals surface area contributed by atoms with Crippen molar-refractivity contribution in [3.63, 3.8) is 0 Å². The van der Waals surface area contributed by atoms with Crippen molar-refractivity contribution in [3.8, 4) is 0 Å². The second kappa shape index (κ2) is 6.39. The van der Waals surface area contributed by atoms with Crippen molar-refractivity contribution in [1.29, 1.82) is 0 Å². The molecule has 23 heavy (non-hydrogen) atoms. The molecule has 0 fully saturated rings. The molecular formula is C15H16N4O4. The number of anilines is 1. The summed E-state index contributed by atoms with van der Waals surface area (Å²) in [5.74, 6) is -0.717. The highest BCUT2D eigenvalue weighted by Crippen LogP contribution is 2.18. The van der Waals surface area contributed by atoms with Crippen LogP contribution in [0.1, 0.15) is 35.9 Å². The zero-order chi connectivity index (χ0) is 17.1. The molecule has 0 aliphatic rings. The maximum atomic E-state index is 12.3. The number of hydrogen-bond acceptors (Lipinski definition) is 5. The second-order valence-electron chi connectivity index (χ2n) is 5.14. The summed E-state index contributed by atoms with van der Waals surface area (Å²) in [6.45, 7) is 4.71. The van der Waals surface area contributed by atoms with E-state index in [0.717, 1.165) is 0 Å². The molecule has 0 saturated heterocycles. The minimum Gasteiger partial charge on any atom is -0.358 e. The molecule has 1 aromatic heterocycles. The van der Waals surface area contributed by atoms with Crippen molar-refractivity contribution >= 4 is 23.2 Å². The Morgan fingerprint density at radius 2 is 1.91 bits per heavy atom. The molecule has 8 nitrogen and oxygen atoms in total. The third kappa shape index (κ3) is 3.60. The SMILES string of the molecule is CC(=O)c1ccc(NC(=O)C(C)n2nc([N+](=O)[O-])cc2C)cc1. The van der Waals surface area contributed by atoms with Gasteiger partial charge in [-0.2, -0.15) is 4.68 Å². The molecule has 2 rings (SSSR count). The summed E-state index contributed by atoms with van der Waals surface area (Å²) < 4.78 is 1.30. The molecule has 1 heterocycles. The van der Waals surface area contributed by atoms with Crippen LogP contribution in [0.5, 0.6) is 0 Å². The van der Waals surface area contributed by atoms with Gasteiger partial charge in [0.2, 0.25) is 0 Å². The molecule has 2 aromatic rings. The number of rotatable bonds is 5. The average Bonchev–Trinajstić information content (AvgIpc) is 2.89. The van der Waals surface area contributed by atoms with E-state index < -0.39 is 11.0 Å². The van der Waals surface area contributed by atoms with Crippen LogP contribution in [0.15, 0.2) is 30.3 Å². The third-order valence-electron chi connectivity index (χ3n) is 3.40. The lowest BCUT2D eigenvalue weighted by Crippen LogP contribution is -2.25. The summed E-state index contributed by atoms with van der Waals surface area (Å²) in [4.78, 5) is 33.6. The standard InChI is InChI=1S/C15H16N4O4/c1-9-8-14(19(22)23)17-18(9)10(2)15(21)16-13-6-4-12(5-7-13)11(3)20/h4-8,10H,1-3H3,(H,16,21).